The lowest BCUT2D eigenvalue weighted by Gasteiger charge is -2.32. The van der Waals surface area contributed by atoms with Crippen molar-refractivity contribution in [3.05, 3.63) is 60.9 Å². The molecule has 3 aromatic heterocycles. The number of hydrazine groups is 1. The number of aliphatic carboxylic acids is 1. The van der Waals surface area contributed by atoms with Crippen molar-refractivity contribution in [2.45, 2.75) is 32.0 Å². The first-order valence-corrected chi connectivity index (χ1v) is 12.7. The maximum Gasteiger partial charge on any atom is 0.408 e. The van der Waals surface area contributed by atoms with Crippen LogP contribution in [0.5, 0.6) is 0 Å². The van der Waals surface area contributed by atoms with Crippen LogP contribution in [0, 0.1) is 5.92 Å². The minimum absolute atomic E-state index is 0.0347. The van der Waals surface area contributed by atoms with E-state index in [1.165, 1.54) is 12.7 Å². The molecule has 0 aliphatic carbocycles. The number of hydrogen-bond donors (Lipinski definition) is 5. The van der Waals surface area contributed by atoms with Crippen molar-refractivity contribution in [3.8, 4) is 0 Å². The van der Waals surface area contributed by atoms with E-state index in [0.717, 1.165) is 44.0 Å². The Morgan fingerprint density at radius 3 is 2.69 bits per heavy atom. The van der Waals surface area contributed by atoms with Crippen molar-refractivity contribution in [2.24, 2.45) is 5.92 Å². The third kappa shape index (κ3) is 6.78. The van der Waals surface area contributed by atoms with E-state index in [9.17, 15) is 14.7 Å². The van der Waals surface area contributed by atoms with Gasteiger partial charge in [-0.15, -0.1) is 0 Å². The molecule has 1 aliphatic rings. The molecule has 1 saturated heterocycles. The van der Waals surface area contributed by atoms with Gasteiger partial charge in [-0.3, -0.25) is 0 Å². The molecule has 5 rings (SSSR count). The predicted octanol–water partition coefficient (Wildman–Crippen LogP) is 2.08. The van der Waals surface area contributed by atoms with Crippen LogP contribution in [0.3, 0.4) is 0 Å². The third-order valence-electron chi connectivity index (χ3n) is 6.52. The number of hydrogen-bond acceptors (Lipinski definition) is 10. The van der Waals surface area contributed by atoms with Crippen LogP contribution in [-0.2, 0) is 22.7 Å². The zero-order chi connectivity index (χ0) is 27.0. The first-order valence-electron chi connectivity index (χ1n) is 12.7. The summed E-state index contributed by atoms with van der Waals surface area (Å²) in [6.45, 7) is 2.45. The highest BCUT2D eigenvalue weighted by molar-refractivity contribution is 5.83. The number of nitrogens with one attached hydrogen (secondary N) is 4. The quantitative estimate of drug-likeness (QED) is 0.190. The Labute approximate surface area is 223 Å². The molecule has 204 valence electrons. The van der Waals surface area contributed by atoms with E-state index < -0.39 is 18.1 Å². The first-order chi connectivity index (χ1) is 19.0. The Balaban J connectivity index is 1.16. The van der Waals surface area contributed by atoms with E-state index in [1.807, 2.05) is 30.3 Å². The lowest BCUT2D eigenvalue weighted by atomic mass is 9.98. The molecule has 1 amide bonds. The van der Waals surface area contributed by atoms with Gasteiger partial charge < -0.3 is 35.5 Å². The number of piperidine rings is 1. The fourth-order valence-electron chi connectivity index (χ4n) is 4.39. The second-order valence-electron chi connectivity index (χ2n) is 9.25. The number of fused-ring (bicyclic) bond motifs is 1. The molecular formula is C25H30N10O4. The van der Waals surface area contributed by atoms with Crippen LogP contribution in [0.4, 0.5) is 16.6 Å². The summed E-state index contributed by atoms with van der Waals surface area (Å²) in [5.41, 5.74) is 5.09. The zero-order valence-electron chi connectivity index (χ0n) is 21.2. The number of carbonyl (C=O) groups is 2. The first kappa shape index (κ1) is 25.9. The second-order valence-corrected chi connectivity index (χ2v) is 9.25. The minimum atomic E-state index is -1.24. The van der Waals surface area contributed by atoms with Crippen LogP contribution in [0.25, 0.3) is 11.2 Å². The topological polar surface area (TPSA) is 175 Å². The molecule has 1 aliphatic heterocycles. The number of benzene rings is 1. The van der Waals surface area contributed by atoms with Crippen molar-refractivity contribution in [1.29, 1.82) is 0 Å². The van der Waals surface area contributed by atoms with Crippen LogP contribution in [-0.4, -0.2) is 77.3 Å². The summed E-state index contributed by atoms with van der Waals surface area (Å²) in [4.78, 5) is 44.4. The van der Waals surface area contributed by atoms with Crippen LogP contribution in [0.2, 0.25) is 0 Å². The van der Waals surface area contributed by atoms with E-state index in [-0.39, 0.29) is 13.2 Å². The van der Waals surface area contributed by atoms with Crippen LogP contribution in [0.1, 0.15) is 18.4 Å². The average Bonchev–Trinajstić information content (AvgIpc) is 3.63. The lowest BCUT2D eigenvalue weighted by Crippen LogP contribution is -2.43. The van der Waals surface area contributed by atoms with E-state index in [0.29, 0.717) is 22.9 Å². The van der Waals surface area contributed by atoms with E-state index in [1.54, 1.807) is 17.0 Å². The summed E-state index contributed by atoms with van der Waals surface area (Å²) in [6.07, 6.45) is 7.57. The number of aromatic amines is 1. The van der Waals surface area contributed by atoms with Gasteiger partial charge in [-0.2, -0.15) is 0 Å². The summed E-state index contributed by atoms with van der Waals surface area (Å²) in [5.74, 6) is 0.634. The molecule has 0 unspecified atom stereocenters. The lowest BCUT2D eigenvalue weighted by molar-refractivity contribution is -0.139. The summed E-state index contributed by atoms with van der Waals surface area (Å²) in [6, 6.07) is 7.89. The number of ether oxygens (including phenoxy) is 1. The molecule has 39 heavy (non-hydrogen) atoms. The number of carboxylic acids is 1. The SMILES string of the molecule is O=C(N[C@H](Cn1cnc2c(NN3CCC(CNc4ncc[nH]4)CC3)ncnc21)C(=O)O)OCc1ccccc1. The van der Waals surface area contributed by atoms with Gasteiger partial charge in [0, 0.05) is 32.0 Å². The molecule has 5 N–H and O–H groups in total. The van der Waals surface area contributed by atoms with Gasteiger partial charge in [0.2, 0.25) is 0 Å². The van der Waals surface area contributed by atoms with Gasteiger partial charge >= 0.3 is 12.1 Å². The number of carboxylic acid groups (broad SMARTS) is 1. The maximum atomic E-state index is 12.3. The Kier molecular flexibility index (Phi) is 8.12. The van der Waals surface area contributed by atoms with E-state index >= 15 is 0 Å². The smallest absolute Gasteiger partial charge is 0.408 e. The van der Waals surface area contributed by atoms with Gasteiger partial charge in [0.25, 0.3) is 0 Å². The highest BCUT2D eigenvalue weighted by atomic mass is 16.5. The second kappa shape index (κ2) is 12.2. The molecule has 14 heteroatoms. The third-order valence-corrected chi connectivity index (χ3v) is 6.52. The molecule has 1 fully saturated rings. The molecule has 0 saturated carbocycles. The fraction of sp³-hybridized carbons (Fsp3) is 0.360. The number of rotatable bonds is 11. The average molecular weight is 535 g/mol. The Morgan fingerprint density at radius 2 is 1.95 bits per heavy atom. The van der Waals surface area contributed by atoms with Gasteiger partial charge in [0.1, 0.15) is 19.0 Å². The highest BCUT2D eigenvalue weighted by Gasteiger charge is 2.24. The number of carbonyl (C=O) groups excluding carboxylic acids is 1. The Bertz CT molecular complexity index is 1370. The molecule has 0 radical (unpaired) electrons. The maximum absolute atomic E-state index is 12.3. The van der Waals surface area contributed by atoms with Gasteiger partial charge in [-0.1, -0.05) is 30.3 Å². The Hall–Kier alpha value is -4.72. The standard InChI is InChI=1S/C25H30N10O4/c36-23(37)19(32-25(38)39-14-18-4-2-1-3-5-18)13-34-16-31-20-21(29-15-30-22(20)34)33-35-10-6-17(7-11-35)12-28-24-26-8-9-27-24/h1-5,8-9,15-17,19H,6-7,10-14H2,(H,32,38)(H,36,37)(H2,26,27,28)(H,29,30,33)/t19-/m1/s1. The number of anilines is 2. The van der Waals surface area contributed by atoms with Crippen molar-refractivity contribution in [1.82, 2.24) is 39.8 Å². The fourth-order valence-corrected chi connectivity index (χ4v) is 4.39. The van der Waals surface area contributed by atoms with Gasteiger partial charge in [-0.25, -0.2) is 34.5 Å². The van der Waals surface area contributed by atoms with Crippen LogP contribution in [0.15, 0.2) is 55.4 Å². The Morgan fingerprint density at radius 1 is 1.13 bits per heavy atom. The molecule has 14 nitrogen and oxygen atoms in total. The minimum Gasteiger partial charge on any atom is -0.480 e. The van der Waals surface area contributed by atoms with Crippen molar-refractivity contribution < 1.29 is 19.4 Å². The number of imidazole rings is 2. The summed E-state index contributed by atoms with van der Waals surface area (Å²) >= 11 is 0. The molecule has 1 atom stereocenters. The zero-order valence-corrected chi connectivity index (χ0v) is 21.2. The molecule has 1 aromatic carbocycles. The van der Waals surface area contributed by atoms with Crippen molar-refractivity contribution in [2.75, 3.05) is 30.4 Å². The van der Waals surface area contributed by atoms with Crippen molar-refractivity contribution >= 4 is 35.0 Å². The predicted molar refractivity (Wildman–Crippen MR) is 142 cm³/mol. The molecule has 4 aromatic rings. The monoisotopic (exact) mass is 534 g/mol. The van der Waals surface area contributed by atoms with Crippen LogP contribution >= 0.6 is 0 Å². The highest BCUT2D eigenvalue weighted by Crippen LogP contribution is 2.22. The van der Waals surface area contributed by atoms with Gasteiger partial charge in [0.05, 0.1) is 12.9 Å². The number of amides is 1. The number of aromatic nitrogens is 6. The summed E-state index contributed by atoms with van der Waals surface area (Å²) in [7, 11) is 0. The number of alkyl carbamates (subject to hydrolysis) is 1. The molecule has 0 bridgehead atoms. The van der Waals surface area contributed by atoms with Gasteiger partial charge in [0.15, 0.2) is 22.9 Å². The number of nitrogens with zero attached hydrogens (tertiary/aromatic N) is 6. The van der Waals surface area contributed by atoms with Gasteiger partial charge in [-0.05, 0) is 24.3 Å². The molecule has 0 spiro atoms. The van der Waals surface area contributed by atoms with Crippen molar-refractivity contribution in [3.63, 3.8) is 0 Å². The normalized spacial score (nSPS) is 15.1. The summed E-state index contributed by atoms with van der Waals surface area (Å²) < 4.78 is 6.75. The van der Waals surface area contributed by atoms with E-state index in [4.69, 9.17) is 4.74 Å². The van der Waals surface area contributed by atoms with E-state index in [2.05, 4.69) is 46.0 Å². The molecular weight excluding hydrogens is 504 g/mol. The largest absolute Gasteiger partial charge is 0.480 e. The molecule has 4 heterocycles. The number of H-pyrrole nitrogens is 1. The summed E-state index contributed by atoms with van der Waals surface area (Å²) in [5, 5.41) is 17.5. The van der Waals surface area contributed by atoms with Crippen LogP contribution < -0.4 is 16.1 Å².